The number of aryl methyl sites for hydroxylation is 1. The molecule has 0 spiro atoms. The molecule has 0 saturated heterocycles. The lowest BCUT2D eigenvalue weighted by atomic mass is 10.2. The summed E-state index contributed by atoms with van der Waals surface area (Å²) in [5.74, 6) is 0.286. The molecule has 0 saturated carbocycles. The zero-order valence-corrected chi connectivity index (χ0v) is 17.3. The lowest BCUT2D eigenvalue weighted by molar-refractivity contribution is -0.127. The molecule has 3 aromatic rings. The van der Waals surface area contributed by atoms with Crippen molar-refractivity contribution in [2.45, 2.75) is 31.8 Å². The third-order valence-electron chi connectivity index (χ3n) is 4.70. The summed E-state index contributed by atoms with van der Waals surface area (Å²) in [6.45, 7) is 4.81. The molecule has 2 aromatic carbocycles. The fourth-order valence-electron chi connectivity index (χ4n) is 2.99. The lowest BCUT2D eigenvalue weighted by Crippen LogP contribution is -2.30. The predicted octanol–water partition coefficient (Wildman–Crippen LogP) is 4.04. The molecule has 0 unspecified atom stereocenters. The Hall–Kier alpha value is -2.60. The van der Waals surface area contributed by atoms with E-state index in [1.54, 1.807) is 15.5 Å². The van der Waals surface area contributed by atoms with Crippen molar-refractivity contribution in [2.75, 3.05) is 19.3 Å². The molecule has 3 rings (SSSR count). The highest BCUT2D eigenvalue weighted by molar-refractivity contribution is 7.99. The van der Waals surface area contributed by atoms with Crippen molar-refractivity contribution in [1.82, 2.24) is 14.5 Å². The second-order valence-corrected chi connectivity index (χ2v) is 7.74. The van der Waals surface area contributed by atoms with Crippen LogP contribution in [0.25, 0.3) is 16.6 Å². The molecule has 1 amide bonds. The second kappa shape index (κ2) is 9.06. The molecule has 0 aliphatic carbocycles. The van der Waals surface area contributed by atoms with Gasteiger partial charge in [-0.3, -0.25) is 14.2 Å². The van der Waals surface area contributed by atoms with Crippen molar-refractivity contribution in [3.8, 4) is 5.69 Å². The summed E-state index contributed by atoms with van der Waals surface area (Å²) >= 11 is 1.31. The first-order valence-electron chi connectivity index (χ1n) is 9.47. The summed E-state index contributed by atoms with van der Waals surface area (Å²) in [7, 11) is 1.82. The molecule has 146 valence electrons. The maximum Gasteiger partial charge on any atom is 0.266 e. The quantitative estimate of drug-likeness (QED) is 0.447. The maximum atomic E-state index is 13.2. The third kappa shape index (κ3) is 4.28. The topological polar surface area (TPSA) is 55.2 Å². The Bertz CT molecular complexity index is 1050. The molecule has 6 heteroatoms. The van der Waals surface area contributed by atoms with Gasteiger partial charge in [-0.05, 0) is 37.1 Å². The number of thioether (sulfide) groups is 1. The highest BCUT2D eigenvalue weighted by atomic mass is 32.2. The standard InChI is InChI=1S/C22H25N3O2S/c1-4-5-14-24(3)20(26)15-28-22-23-18-12-8-7-11-17(18)21(27)25(22)19-13-9-6-10-16(19)2/h6-13H,4-5,14-15H2,1-3H3. The smallest absolute Gasteiger partial charge is 0.266 e. The predicted molar refractivity (Wildman–Crippen MR) is 115 cm³/mol. The Labute approximate surface area is 169 Å². The number of para-hydroxylation sites is 2. The lowest BCUT2D eigenvalue weighted by Gasteiger charge is -2.18. The SMILES string of the molecule is CCCCN(C)C(=O)CSc1nc2ccccc2c(=O)n1-c1ccccc1C. The minimum absolute atomic E-state index is 0.0391. The van der Waals surface area contributed by atoms with Crippen molar-refractivity contribution in [2.24, 2.45) is 0 Å². The van der Waals surface area contributed by atoms with Crippen molar-refractivity contribution in [3.05, 3.63) is 64.4 Å². The summed E-state index contributed by atoms with van der Waals surface area (Å²) in [5.41, 5.74) is 2.30. The molecule has 0 aliphatic rings. The number of aromatic nitrogens is 2. The van der Waals surface area contributed by atoms with Crippen LogP contribution in [0.1, 0.15) is 25.3 Å². The normalized spacial score (nSPS) is 11.0. The molecule has 28 heavy (non-hydrogen) atoms. The van der Waals surface area contributed by atoms with E-state index in [0.717, 1.165) is 30.6 Å². The molecular weight excluding hydrogens is 370 g/mol. The van der Waals surface area contributed by atoms with Gasteiger partial charge in [-0.15, -0.1) is 0 Å². The number of fused-ring (bicyclic) bond motifs is 1. The van der Waals surface area contributed by atoms with Gasteiger partial charge in [0.1, 0.15) is 0 Å². The molecule has 0 fully saturated rings. The first kappa shape index (κ1) is 20.1. The van der Waals surface area contributed by atoms with Crippen LogP contribution in [0.2, 0.25) is 0 Å². The second-order valence-electron chi connectivity index (χ2n) is 6.80. The number of carbonyl (C=O) groups is 1. The van der Waals surface area contributed by atoms with E-state index in [1.807, 2.05) is 56.4 Å². The van der Waals surface area contributed by atoms with Gasteiger partial charge in [-0.2, -0.15) is 0 Å². The first-order valence-corrected chi connectivity index (χ1v) is 10.5. The number of hydrogen-bond donors (Lipinski definition) is 0. The van der Waals surface area contributed by atoms with Gasteiger partial charge < -0.3 is 4.90 Å². The van der Waals surface area contributed by atoms with Crippen LogP contribution in [0.4, 0.5) is 0 Å². The van der Waals surface area contributed by atoms with Crippen LogP contribution < -0.4 is 5.56 Å². The van der Waals surface area contributed by atoms with Gasteiger partial charge in [0.2, 0.25) is 5.91 Å². The van der Waals surface area contributed by atoms with E-state index >= 15 is 0 Å². The summed E-state index contributed by atoms with van der Waals surface area (Å²) in [6.07, 6.45) is 2.03. The number of amides is 1. The molecule has 0 bridgehead atoms. The van der Waals surface area contributed by atoms with Crippen molar-refractivity contribution in [1.29, 1.82) is 0 Å². The molecule has 0 radical (unpaired) electrons. The summed E-state index contributed by atoms with van der Waals surface area (Å²) in [6, 6.07) is 15.0. The molecule has 5 nitrogen and oxygen atoms in total. The average molecular weight is 396 g/mol. The van der Waals surface area contributed by atoms with Gasteiger partial charge in [0.25, 0.3) is 5.56 Å². The Morgan fingerprint density at radius 2 is 1.86 bits per heavy atom. The Kier molecular flexibility index (Phi) is 6.52. The zero-order chi connectivity index (χ0) is 20.1. The van der Waals surface area contributed by atoms with Crippen LogP contribution in [-0.2, 0) is 4.79 Å². The van der Waals surface area contributed by atoms with Gasteiger partial charge in [-0.25, -0.2) is 4.98 Å². The largest absolute Gasteiger partial charge is 0.345 e. The molecular formula is C22H25N3O2S. The van der Waals surface area contributed by atoms with E-state index in [2.05, 4.69) is 6.92 Å². The molecule has 1 heterocycles. The maximum absolute atomic E-state index is 13.2. The Morgan fingerprint density at radius 1 is 1.14 bits per heavy atom. The Morgan fingerprint density at radius 3 is 2.61 bits per heavy atom. The number of rotatable bonds is 7. The summed E-state index contributed by atoms with van der Waals surface area (Å²) in [5, 5.41) is 1.11. The number of unbranched alkanes of at least 4 members (excludes halogenated alkanes) is 1. The van der Waals surface area contributed by atoms with E-state index in [0.29, 0.717) is 16.1 Å². The summed E-state index contributed by atoms with van der Waals surface area (Å²) < 4.78 is 1.63. The molecule has 0 atom stereocenters. The van der Waals surface area contributed by atoms with Crippen LogP contribution in [0.3, 0.4) is 0 Å². The number of benzene rings is 2. The van der Waals surface area contributed by atoms with Crippen molar-refractivity contribution in [3.63, 3.8) is 0 Å². The van der Waals surface area contributed by atoms with Crippen LogP contribution >= 0.6 is 11.8 Å². The van der Waals surface area contributed by atoms with Crippen molar-refractivity contribution < 1.29 is 4.79 Å². The van der Waals surface area contributed by atoms with Crippen LogP contribution in [0, 0.1) is 6.92 Å². The van der Waals surface area contributed by atoms with Crippen LogP contribution in [0.15, 0.2) is 58.5 Å². The van der Waals surface area contributed by atoms with Crippen LogP contribution in [-0.4, -0.2) is 39.7 Å². The summed E-state index contributed by atoms with van der Waals surface area (Å²) in [4.78, 5) is 32.2. The van der Waals surface area contributed by atoms with Crippen LogP contribution in [0.5, 0.6) is 0 Å². The molecule has 0 N–H and O–H groups in total. The highest BCUT2D eigenvalue weighted by Gasteiger charge is 2.17. The van der Waals surface area contributed by atoms with E-state index in [1.165, 1.54) is 11.8 Å². The Balaban J connectivity index is 2.01. The number of nitrogens with zero attached hydrogens (tertiary/aromatic N) is 3. The third-order valence-corrected chi connectivity index (χ3v) is 5.62. The van der Waals surface area contributed by atoms with Crippen molar-refractivity contribution >= 4 is 28.6 Å². The van der Waals surface area contributed by atoms with Gasteiger partial charge in [0, 0.05) is 13.6 Å². The van der Waals surface area contributed by atoms with Gasteiger partial charge in [0.05, 0.1) is 22.3 Å². The average Bonchev–Trinajstić information content (AvgIpc) is 2.71. The first-order chi connectivity index (χ1) is 13.5. The van der Waals surface area contributed by atoms with Gasteiger partial charge >= 0.3 is 0 Å². The number of carbonyl (C=O) groups excluding carboxylic acids is 1. The number of hydrogen-bond acceptors (Lipinski definition) is 4. The molecule has 0 aliphatic heterocycles. The van der Waals surface area contributed by atoms with E-state index in [4.69, 9.17) is 4.98 Å². The monoisotopic (exact) mass is 395 g/mol. The highest BCUT2D eigenvalue weighted by Crippen LogP contribution is 2.23. The minimum Gasteiger partial charge on any atom is -0.345 e. The fourth-order valence-corrected chi connectivity index (χ4v) is 3.94. The van der Waals surface area contributed by atoms with E-state index in [-0.39, 0.29) is 17.2 Å². The van der Waals surface area contributed by atoms with Gasteiger partial charge in [-0.1, -0.05) is 55.4 Å². The minimum atomic E-state index is -0.116. The van der Waals surface area contributed by atoms with Gasteiger partial charge in [0.15, 0.2) is 5.16 Å². The van der Waals surface area contributed by atoms with E-state index in [9.17, 15) is 9.59 Å². The fraction of sp³-hybridized carbons (Fsp3) is 0.318. The molecule has 1 aromatic heterocycles. The zero-order valence-electron chi connectivity index (χ0n) is 16.5. The van der Waals surface area contributed by atoms with E-state index < -0.39 is 0 Å².